The van der Waals surface area contributed by atoms with Crippen molar-refractivity contribution < 1.29 is 13.6 Å². The molecule has 52 valence electrons. The number of hydrogen-bond acceptors (Lipinski definition) is 1. The van der Waals surface area contributed by atoms with E-state index in [9.17, 15) is 13.6 Å². The number of carbonyl (C=O) groups is 1. The lowest BCUT2D eigenvalue weighted by Gasteiger charge is -1.96. The summed E-state index contributed by atoms with van der Waals surface area (Å²) in [4.78, 5) is 9.96. The topological polar surface area (TPSA) is 17.1 Å². The van der Waals surface area contributed by atoms with Crippen LogP contribution in [0.25, 0.3) is 0 Å². The van der Waals surface area contributed by atoms with E-state index in [1.807, 2.05) is 0 Å². The number of hydrogen-bond donors (Lipinski definition) is 0. The SMILES string of the molecule is O=CC1C[C@@H](F)[C@@H](F)C1. The highest BCUT2D eigenvalue weighted by Crippen LogP contribution is 2.28. The van der Waals surface area contributed by atoms with Gasteiger partial charge in [-0.05, 0) is 12.8 Å². The second-order valence-electron chi connectivity index (χ2n) is 2.40. The summed E-state index contributed by atoms with van der Waals surface area (Å²) in [6, 6.07) is 0. The molecule has 0 N–H and O–H groups in total. The van der Waals surface area contributed by atoms with Gasteiger partial charge in [0.15, 0.2) is 0 Å². The van der Waals surface area contributed by atoms with Crippen LogP contribution in [0.5, 0.6) is 0 Å². The third-order valence-corrected chi connectivity index (χ3v) is 1.64. The van der Waals surface area contributed by atoms with E-state index in [0.717, 1.165) is 0 Å². The van der Waals surface area contributed by atoms with Gasteiger partial charge in [-0.1, -0.05) is 0 Å². The molecule has 0 aromatic heterocycles. The Kier molecular flexibility index (Phi) is 1.78. The molecule has 0 amide bonds. The van der Waals surface area contributed by atoms with Crippen LogP contribution in [0, 0.1) is 5.92 Å². The molecule has 3 atom stereocenters. The van der Waals surface area contributed by atoms with Crippen LogP contribution in [0.15, 0.2) is 0 Å². The molecule has 0 aromatic carbocycles. The summed E-state index contributed by atoms with van der Waals surface area (Å²) in [6.45, 7) is 0. The normalized spacial score (nSPS) is 43.1. The van der Waals surface area contributed by atoms with Crippen molar-refractivity contribution in [3.8, 4) is 0 Å². The van der Waals surface area contributed by atoms with E-state index < -0.39 is 12.3 Å². The summed E-state index contributed by atoms with van der Waals surface area (Å²) >= 11 is 0. The van der Waals surface area contributed by atoms with Crippen molar-refractivity contribution >= 4 is 6.29 Å². The molecule has 0 aliphatic heterocycles. The largest absolute Gasteiger partial charge is 0.303 e. The lowest BCUT2D eigenvalue weighted by atomic mass is 10.1. The van der Waals surface area contributed by atoms with Crippen molar-refractivity contribution in [3.63, 3.8) is 0 Å². The van der Waals surface area contributed by atoms with Gasteiger partial charge < -0.3 is 4.79 Å². The summed E-state index contributed by atoms with van der Waals surface area (Å²) in [7, 11) is 0. The first-order chi connectivity index (χ1) is 4.24. The lowest BCUT2D eigenvalue weighted by molar-refractivity contribution is -0.111. The highest BCUT2D eigenvalue weighted by atomic mass is 19.2. The van der Waals surface area contributed by atoms with Crippen LogP contribution in [0.4, 0.5) is 8.78 Å². The molecule has 0 saturated heterocycles. The van der Waals surface area contributed by atoms with Gasteiger partial charge in [0, 0.05) is 5.92 Å². The van der Waals surface area contributed by atoms with Crippen molar-refractivity contribution in [2.75, 3.05) is 0 Å². The molecule has 1 fully saturated rings. The highest BCUT2D eigenvalue weighted by molar-refractivity contribution is 5.54. The molecule has 9 heavy (non-hydrogen) atoms. The molecule has 1 aliphatic carbocycles. The van der Waals surface area contributed by atoms with Crippen LogP contribution in [-0.4, -0.2) is 18.6 Å². The van der Waals surface area contributed by atoms with Crippen LogP contribution in [0.2, 0.25) is 0 Å². The first kappa shape index (κ1) is 6.65. The maximum atomic E-state index is 12.2. The molecule has 1 saturated carbocycles. The summed E-state index contributed by atoms with van der Waals surface area (Å²) in [5.74, 6) is -0.380. The van der Waals surface area contributed by atoms with E-state index in [0.29, 0.717) is 6.29 Å². The Bertz CT molecular complexity index is 106. The summed E-state index contributed by atoms with van der Waals surface area (Å²) in [6.07, 6.45) is -2.03. The van der Waals surface area contributed by atoms with Crippen molar-refractivity contribution in [1.82, 2.24) is 0 Å². The average Bonchev–Trinajstić information content (AvgIpc) is 2.13. The van der Waals surface area contributed by atoms with Gasteiger partial charge in [0.1, 0.15) is 18.6 Å². The minimum Gasteiger partial charge on any atom is -0.303 e. The molecule has 0 radical (unpaired) electrons. The Morgan fingerprint density at radius 3 is 1.89 bits per heavy atom. The smallest absolute Gasteiger partial charge is 0.132 e. The Labute approximate surface area is 52.1 Å². The van der Waals surface area contributed by atoms with Crippen LogP contribution in [0.3, 0.4) is 0 Å². The minimum atomic E-state index is -1.40. The molecular formula is C6H8F2O. The summed E-state index contributed by atoms with van der Waals surface area (Å²) in [5.41, 5.74) is 0. The Morgan fingerprint density at radius 1 is 1.22 bits per heavy atom. The van der Waals surface area contributed by atoms with Gasteiger partial charge in [-0.15, -0.1) is 0 Å². The fraction of sp³-hybridized carbons (Fsp3) is 0.833. The van der Waals surface area contributed by atoms with Gasteiger partial charge >= 0.3 is 0 Å². The van der Waals surface area contributed by atoms with E-state index in [1.165, 1.54) is 0 Å². The van der Waals surface area contributed by atoms with Crippen molar-refractivity contribution in [2.24, 2.45) is 5.92 Å². The molecule has 0 bridgehead atoms. The Balaban J connectivity index is 2.43. The van der Waals surface area contributed by atoms with Crippen LogP contribution >= 0.6 is 0 Å². The maximum absolute atomic E-state index is 12.2. The van der Waals surface area contributed by atoms with Gasteiger partial charge in [-0.2, -0.15) is 0 Å². The highest BCUT2D eigenvalue weighted by Gasteiger charge is 2.33. The second-order valence-corrected chi connectivity index (χ2v) is 2.40. The molecule has 0 heterocycles. The number of alkyl halides is 2. The third kappa shape index (κ3) is 1.26. The number of aldehydes is 1. The third-order valence-electron chi connectivity index (χ3n) is 1.64. The molecule has 1 nitrogen and oxygen atoms in total. The van der Waals surface area contributed by atoms with E-state index >= 15 is 0 Å². The van der Waals surface area contributed by atoms with Crippen LogP contribution in [-0.2, 0) is 4.79 Å². The summed E-state index contributed by atoms with van der Waals surface area (Å²) < 4.78 is 24.4. The molecule has 3 heteroatoms. The fourth-order valence-electron chi connectivity index (χ4n) is 1.08. The molecule has 0 spiro atoms. The molecule has 1 unspecified atom stereocenters. The number of halogens is 2. The van der Waals surface area contributed by atoms with Crippen molar-refractivity contribution in [1.29, 1.82) is 0 Å². The van der Waals surface area contributed by atoms with E-state index in [2.05, 4.69) is 0 Å². The van der Waals surface area contributed by atoms with Crippen LogP contribution < -0.4 is 0 Å². The van der Waals surface area contributed by atoms with E-state index in [1.54, 1.807) is 0 Å². The molecule has 1 aliphatic rings. The van der Waals surface area contributed by atoms with Gasteiger partial charge in [0.05, 0.1) is 0 Å². The number of rotatable bonds is 1. The predicted octanol–water partition coefficient (Wildman–Crippen LogP) is 1.27. The number of carbonyl (C=O) groups excluding carboxylic acids is 1. The Morgan fingerprint density at radius 2 is 1.67 bits per heavy atom. The van der Waals surface area contributed by atoms with Crippen molar-refractivity contribution in [3.05, 3.63) is 0 Å². The fourth-order valence-corrected chi connectivity index (χ4v) is 1.08. The molecule has 0 aromatic rings. The van der Waals surface area contributed by atoms with E-state index in [-0.39, 0.29) is 18.8 Å². The quantitative estimate of drug-likeness (QED) is 0.493. The standard InChI is InChI=1S/C6H8F2O/c7-5-1-4(3-9)2-6(5)8/h3-6H,1-2H2/t4?,5-,6+. The molecular weight excluding hydrogens is 126 g/mol. The average molecular weight is 134 g/mol. The second kappa shape index (κ2) is 2.42. The Hall–Kier alpha value is -0.470. The zero-order valence-electron chi connectivity index (χ0n) is 4.89. The first-order valence-corrected chi connectivity index (χ1v) is 2.97. The van der Waals surface area contributed by atoms with Crippen molar-refractivity contribution in [2.45, 2.75) is 25.2 Å². The van der Waals surface area contributed by atoms with Crippen LogP contribution in [0.1, 0.15) is 12.8 Å². The van der Waals surface area contributed by atoms with Gasteiger partial charge in [-0.25, -0.2) is 8.78 Å². The summed E-state index contributed by atoms with van der Waals surface area (Å²) in [5, 5.41) is 0. The van der Waals surface area contributed by atoms with E-state index in [4.69, 9.17) is 0 Å². The zero-order chi connectivity index (χ0) is 6.85. The van der Waals surface area contributed by atoms with Gasteiger partial charge in [-0.3, -0.25) is 0 Å². The first-order valence-electron chi connectivity index (χ1n) is 2.97. The zero-order valence-corrected chi connectivity index (χ0v) is 4.89. The van der Waals surface area contributed by atoms with Gasteiger partial charge in [0.2, 0.25) is 0 Å². The predicted molar refractivity (Wildman–Crippen MR) is 28.6 cm³/mol. The molecule has 1 rings (SSSR count). The lowest BCUT2D eigenvalue weighted by Crippen LogP contribution is -2.06. The maximum Gasteiger partial charge on any atom is 0.132 e. The minimum absolute atomic E-state index is 0.0741. The monoisotopic (exact) mass is 134 g/mol. The van der Waals surface area contributed by atoms with Gasteiger partial charge in [0.25, 0.3) is 0 Å².